The van der Waals surface area contributed by atoms with Crippen molar-refractivity contribution >= 4 is 17.2 Å². The normalized spacial score (nSPS) is 14.5. The molecule has 0 fully saturated rings. The first kappa shape index (κ1) is 13.2. The zero-order valence-corrected chi connectivity index (χ0v) is 10.9. The van der Waals surface area contributed by atoms with E-state index in [1.54, 1.807) is 11.3 Å². The zero-order chi connectivity index (χ0) is 12.1. The van der Waals surface area contributed by atoms with Gasteiger partial charge >= 0.3 is 0 Å². The number of hydrogen-bond donors (Lipinski definition) is 2. The number of rotatable bonds is 5. The summed E-state index contributed by atoms with van der Waals surface area (Å²) in [5.74, 6) is -0.0525. The van der Waals surface area contributed by atoms with E-state index >= 15 is 0 Å². The third kappa shape index (κ3) is 3.94. The molecule has 4 heteroatoms. The Morgan fingerprint density at radius 3 is 2.75 bits per heavy atom. The first-order chi connectivity index (χ1) is 7.52. The molecule has 0 aliphatic heterocycles. The summed E-state index contributed by atoms with van der Waals surface area (Å²) in [6, 6.07) is 3.98. The molecule has 3 N–H and O–H groups in total. The summed E-state index contributed by atoms with van der Waals surface area (Å²) in [4.78, 5) is 14.2. The van der Waals surface area contributed by atoms with Crippen molar-refractivity contribution in [2.45, 2.75) is 45.7 Å². The van der Waals surface area contributed by atoms with Crippen LogP contribution in [-0.4, -0.2) is 18.0 Å². The minimum absolute atomic E-state index is 0.0525. The van der Waals surface area contributed by atoms with E-state index in [1.807, 2.05) is 13.8 Å². The Kier molecular flexibility index (Phi) is 4.96. The Morgan fingerprint density at radius 1 is 1.56 bits per heavy atom. The Labute approximate surface area is 101 Å². The summed E-state index contributed by atoms with van der Waals surface area (Å²) in [5.41, 5.74) is 5.65. The van der Waals surface area contributed by atoms with Gasteiger partial charge in [-0.3, -0.25) is 4.79 Å². The number of amides is 1. The maximum atomic E-state index is 11.5. The van der Waals surface area contributed by atoms with Crippen LogP contribution in [0.2, 0.25) is 0 Å². The molecule has 0 saturated carbocycles. The average molecular weight is 240 g/mol. The Hall–Kier alpha value is -0.870. The van der Waals surface area contributed by atoms with Gasteiger partial charge in [-0.25, -0.2) is 0 Å². The SMILES string of the molecule is CCC(N)C(=O)NC(C)Cc1ccc(C)s1. The molecule has 0 aliphatic carbocycles. The molecule has 0 saturated heterocycles. The van der Waals surface area contributed by atoms with Crippen LogP contribution in [-0.2, 0) is 11.2 Å². The topological polar surface area (TPSA) is 55.1 Å². The van der Waals surface area contributed by atoms with Gasteiger partial charge in [0.2, 0.25) is 5.91 Å². The van der Waals surface area contributed by atoms with Crippen molar-refractivity contribution in [3.05, 3.63) is 21.9 Å². The number of nitrogens with one attached hydrogen (secondary N) is 1. The number of hydrogen-bond acceptors (Lipinski definition) is 3. The molecule has 0 bridgehead atoms. The maximum Gasteiger partial charge on any atom is 0.237 e. The molecule has 1 aromatic rings. The van der Waals surface area contributed by atoms with E-state index in [4.69, 9.17) is 5.73 Å². The molecule has 2 atom stereocenters. The fourth-order valence-corrected chi connectivity index (χ4v) is 2.50. The number of thiophene rings is 1. The van der Waals surface area contributed by atoms with Crippen LogP contribution in [0.4, 0.5) is 0 Å². The Balaban J connectivity index is 2.41. The van der Waals surface area contributed by atoms with Gasteiger partial charge in [0.05, 0.1) is 6.04 Å². The van der Waals surface area contributed by atoms with Crippen molar-refractivity contribution in [3.8, 4) is 0 Å². The molecule has 1 amide bonds. The third-order valence-corrected chi connectivity index (χ3v) is 3.49. The smallest absolute Gasteiger partial charge is 0.237 e. The van der Waals surface area contributed by atoms with Gasteiger partial charge in [-0.05, 0) is 32.4 Å². The monoisotopic (exact) mass is 240 g/mol. The van der Waals surface area contributed by atoms with Crippen LogP contribution < -0.4 is 11.1 Å². The fourth-order valence-electron chi connectivity index (χ4n) is 1.48. The van der Waals surface area contributed by atoms with Gasteiger partial charge in [0, 0.05) is 22.2 Å². The molecule has 1 rings (SSSR count). The molecule has 0 aliphatic rings. The van der Waals surface area contributed by atoms with E-state index in [-0.39, 0.29) is 18.0 Å². The number of carbonyl (C=O) groups excluding carboxylic acids is 1. The lowest BCUT2D eigenvalue weighted by Crippen LogP contribution is -2.44. The summed E-state index contributed by atoms with van der Waals surface area (Å²) in [6.45, 7) is 6.01. The first-order valence-electron chi connectivity index (χ1n) is 5.64. The van der Waals surface area contributed by atoms with E-state index in [1.165, 1.54) is 9.75 Å². The minimum atomic E-state index is -0.382. The Morgan fingerprint density at radius 2 is 2.25 bits per heavy atom. The fraction of sp³-hybridized carbons (Fsp3) is 0.583. The highest BCUT2D eigenvalue weighted by atomic mass is 32.1. The van der Waals surface area contributed by atoms with Crippen LogP contribution >= 0.6 is 11.3 Å². The lowest BCUT2D eigenvalue weighted by Gasteiger charge is -2.15. The summed E-state index contributed by atoms with van der Waals surface area (Å²) in [5, 5.41) is 2.93. The number of carbonyl (C=O) groups is 1. The summed E-state index contributed by atoms with van der Waals surface area (Å²) in [6.07, 6.45) is 1.55. The molecule has 0 spiro atoms. The van der Waals surface area contributed by atoms with Crippen LogP contribution in [0.25, 0.3) is 0 Å². The zero-order valence-electron chi connectivity index (χ0n) is 10.1. The molecule has 1 aromatic heterocycles. The molecule has 3 nitrogen and oxygen atoms in total. The van der Waals surface area contributed by atoms with Gasteiger partial charge < -0.3 is 11.1 Å². The van der Waals surface area contributed by atoms with Gasteiger partial charge in [0.25, 0.3) is 0 Å². The van der Waals surface area contributed by atoms with E-state index in [2.05, 4.69) is 24.4 Å². The van der Waals surface area contributed by atoms with Crippen LogP contribution in [0, 0.1) is 6.92 Å². The van der Waals surface area contributed by atoms with Crippen molar-refractivity contribution in [1.82, 2.24) is 5.32 Å². The van der Waals surface area contributed by atoms with Crippen molar-refractivity contribution in [3.63, 3.8) is 0 Å². The predicted octanol–water partition coefficient (Wildman–Crippen LogP) is 1.84. The second-order valence-electron chi connectivity index (χ2n) is 4.14. The van der Waals surface area contributed by atoms with E-state index in [0.717, 1.165) is 6.42 Å². The quantitative estimate of drug-likeness (QED) is 0.825. The second kappa shape index (κ2) is 6.01. The van der Waals surface area contributed by atoms with Crippen molar-refractivity contribution < 1.29 is 4.79 Å². The third-order valence-electron chi connectivity index (χ3n) is 2.47. The van der Waals surface area contributed by atoms with E-state index < -0.39 is 0 Å². The highest BCUT2D eigenvalue weighted by molar-refractivity contribution is 7.11. The lowest BCUT2D eigenvalue weighted by atomic mass is 10.1. The van der Waals surface area contributed by atoms with Crippen molar-refractivity contribution in [2.24, 2.45) is 5.73 Å². The molecular weight excluding hydrogens is 220 g/mol. The highest BCUT2D eigenvalue weighted by Crippen LogP contribution is 2.16. The molecule has 2 unspecified atom stereocenters. The predicted molar refractivity (Wildman–Crippen MR) is 68.6 cm³/mol. The molecule has 16 heavy (non-hydrogen) atoms. The van der Waals surface area contributed by atoms with Crippen molar-refractivity contribution in [1.29, 1.82) is 0 Å². The number of nitrogens with two attached hydrogens (primary N) is 1. The summed E-state index contributed by atoms with van der Waals surface area (Å²) < 4.78 is 0. The Bertz CT molecular complexity index is 349. The van der Waals surface area contributed by atoms with E-state index in [9.17, 15) is 4.79 Å². The molecule has 0 radical (unpaired) electrons. The maximum absolute atomic E-state index is 11.5. The van der Waals surface area contributed by atoms with Crippen LogP contribution in [0.15, 0.2) is 12.1 Å². The molecule has 1 heterocycles. The van der Waals surface area contributed by atoms with Gasteiger partial charge in [-0.1, -0.05) is 6.92 Å². The van der Waals surface area contributed by atoms with E-state index in [0.29, 0.717) is 6.42 Å². The standard InChI is InChI=1S/C12H20N2OS/c1-4-11(13)12(15)14-8(2)7-10-6-5-9(3)16-10/h5-6,8,11H,4,7,13H2,1-3H3,(H,14,15). The molecule has 0 aromatic carbocycles. The second-order valence-corrected chi connectivity index (χ2v) is 5.51. The number of aryl methyl sites for hydroxylation is 1. The largest absolute Gasteiger partial charge is 0.352 e. The van der Waals surface area contributed by atoms with Gasteiger partial charge in [-0.2, -0.15) is 0 Å². The first-order valence-corrected chi connectivity index (χ1v) is 6.45. The molecule has 90 valence electrons. The minimum Gasteiger partial charge on any atom is -0.352 e. The average Bonchev–Trinajstić information content (AvgIpc) is 2.62. The van der Waals surface area contributed by atoms with Crippen LogP contribution in [0.3, 0.4) is 0 Å². The van der Waals surface area contributed by atoms with Crippen LogP contribution in [0.1, 0.15) is 30.0 Å². The summed E-state index contributed by atoms with van der Waals surface area (Å²) in [7, 11) is 0. The van der Waals surface area contributed by atoms with Crippen molar-refractivity contribution in [2.75, 3.05) is 0 Å². The molecular formula is C12H20N2OS. The van der Waals surface area contributed by atoms with Gasteiger partial charge in [0.1, 0.15) is 0 Å². The van der Waals surface area contributed by atoms with Crippen LogP contribution in [0.5, 0.6) is 0 Å². The van der Waals surface area contributed by atoms with Gasteiger partial charge in [-0.15, -0.1) is 11.3 Å². The highest BCUT2D eigenvalue weighted by Gasteiger charge is 2.14. The van der Waals surface area contributed by atoms with Gasteiger partial charge in [0.15, 0.2) is 0 Å². The lowest BCUT2D eigenvalue weighted by molar-refractivity contribution is -0.123. The summed E-state index contributed by atoms with van der Waals surface area (Å²) >= 11 is 1.77.